The Morgan fingerprint density at radius 2 is 1.62 bits per heavy atom. The van der Waals surface area contributed by atoms with Gasteiger partial charge in [0.05, 0.1) is 0 Å². The second-order valence-electron chi connectivity index (χ2n) is 8.70. The number of nitrogens with one attached hydrogen (secondary N) is 1. The van der Waals surface area contributed by atoms with Gasteiger partial charge in [0, 0.05) is 18.6 Å². The molecule has 0 aromatic heterocycles. The van der Waals surface area contributed by atoms with Crippen molar-refractivity contribution in [3.05, 3.63) is 0 Å². The van der Waals surface area contributed by atoms with Gasteiger partial charge in [-0.1, -0.05) is 13.3 Å². The highest BCUT2D eigenvalue weighted by molar-refractivity contribution is 5.06. The lowest BCUT2D eigenvalue weighted by molar-refractivity contribution is -0.0779. The van der Waals surface area contributed by atoms with E-state index in [1.54, 1.807) is 19.3 Å². The number of likely N-dealkylation sites (N-methyl/N-ethyl adjacent to an activating group) is 2. The van der Waals surface area contributed by atoms with E-state index in [2.05, 4.69) is 38.2 Å². The van der Waals surface area contributed by atoms with Crippen molar-refractivity contribution in [2.24, 2.45) is 23.2 Å². The summed E-state index contributed by atoms with van der Waals surface area (Å²) < 4.78 is 0. The monoisotopic (exact) mass is 292 g/mol. The van der Waals surface area contributed by atoms with Gasteiger partial charge >= 0.3 is 0 Å². The molecule has 0 radical (unpaired) electrons. The minimum Gasteiger partial charge on any atom is -0.315 e. The van der Waals surface area contributed by atoms with Crippen LogP contribution in [0.2, 0.25) is 0 Å². The third-order valence-electron chi connectivity index (χ3n) is 7.10. The summed E-state index contributed by atoms with van der Waals surface area (Å²) in [6.45, 7) is 5.94. The van der Waals surface area contributed by atoms with Crippen molar-refractivity contribution >= 4 is 0 Å². The molecule has 0 heterocycles. The van der Waals surface area contributed by atoms with Crippen LogP contribution in [0.4, 0.5) is 0 Å². The summed E-state index contributed by atoms with van der Waals surface area (Å²) >= 11 is 0. The van der Waals surface area contributed by atoms with Gasteiger partial charge in [-0.15, -0.1) is 0 Å². The highest BCUT2D eigenvalue weighted by Crippen LogP contribution is 2.61. The largest absolute Gasteiger partial charge is 0.315 e. The van der Waals surface area contributed by atoms with Gasteiger partial charge in [0.25, 0.3) is 0 Å². The molecule has 4 aliphatic rings. The molecule has 0 amide bonds. The Hall–Kier alpha value is -0.0800. The predicted molar refractivity (Wildman–Crippen MR) is 90.5 cm³/mol. The van der Waals surface area contributed by atoms with Crippen molar-refractivity contribution in [1.29, 1.82) is 0 Å². The Balaban J connectivity index is 1.68. The van der Waals surface area contributed by atoms with Crippen LogP contribution in [-0.2, 0) is 0 Å². The molecule has 2 atom stereocenters. The standard InChI is InChI=1S/C19H36N2/c1-5-6-14(2)21(4)13-18(20-3)19-10-15-7-16(11-19)9-17(8-15)12-19/h14-18,20H,5-13H2,1-4H3. The number of hydrogen-bond donors (Lipinski definition) is 1. The van der Waals surface area contributed by atoms with Crippen LogP contribution in [0.15, 0.2) is 0 Å². The van der Waals surface area contributed by atoms with E-state index >= 15 is 0 Å². The molecule has 0 spiro atoms. The van der Waals surface area contributed by atoms with E-state index in [0.717, 1.165) is 23.8 Å². The summed E-state index contributed by atoms with van der Waals surface area (Å²) in [4.78, 5) is 2.61. The highest BCUT2D eigenvalue weighted by Gasteiger charge is 2.53. The van der Waals surface area contributed by atoms with Crippen LogP contribution in [-0.4, -0.2) is 37.6 Å². The molecule has 122 valence electrons. The fraction of sp³-hybridized carbons (Fsp3) is 1.00. The molecule has 2 unspecified atom stereocenters. The smallest absolute Gasteiger partial charge is 0.0248 e. The Morgan fingerprint density at radius 1 is 1.10 bits per heavy atom. The first kappa shape index (κ1) is 15.8. The average Bonchev–Trinajstić information content (AvgIpc) is 2.43. The van der Waals surface area contributed by atoms with Crippen LogP contribution >= 0.6 is 0 Å². The summed E-state index contributed by atoms with van der Waals surface area (Å²) in [5.74, 6) is 3.18. The highest BCUT2D eigenvalue weighted by atomic mass is 15.2. The summed E-state index contributed by atoms with van der Waals surface area (Å²) in [5, 5.41) is 3.75. The molecule has 2 nitrogen and oxygen atoms in total. The Bertz CT molecular complexity index is 316. The van der Waals surface area contributed by atoms with Crippen molar-refractivity contribution in [1.82, 2.24) is 10.2 Å². The first-order valence-corrected chi connectivity index (χ1v) is 9.43. The lowest BCUT2D eigenvalue weighted by Crippen LogP contribution is -2.58. The van der Waals surface area contributed by atoms with Gasteiger partial charge in [-0.3, -0.25) is 0 Å². The van der Waals surface area contributed by atoms with Crippen molar-refractivity contribution < 1.29 is 0 Å². The molecule has 0 aromatic carbocycles. The Labute approximate surface area is 132 Å². The second kappa shape index (κ2) is 6.20. The van der Waals surface area contributed by atoms with E-state index in [1.807, 2.05) is 0 Å². The van der Waals surface area contributed by atoms with E-state index in [1.165, 1.54) is 38.6 Å². The van der Waals surface area contributed by atoms with Gasteiger partial charge in [0.15, 0.2) is 0 Å². The fourth-order valence-corrected chi connectivity index (χ4v) is 6.30. The van der Waals surface area contributed by atoms with Crippen LogP contribution < -0.4 is 5.32 Å². The predicted octanol–water partition coefficient (Wildman–Crippen LogP) is 3.91. The molecule has 2 heteroatoms. The van der Waals surface area contributed by atoms with Gasteiger partial charge < -0.3 is 10.2 Å². The Kier molecular flexibility index (Phi) is 4.66. The molecular weight excluding hydrogens is 256 g/mol. The lowest BCUT2D eigenvalue weighted by Gasteiger charge is -2.60. The molecule has 4 saturated carbocycles. The van der Waals surface area contributed by atoms with Crippen LogP contribution in [0.25, 0.3) is 0 Å². The van der Waals surface area contributed by atoms with E-state index in [4.69, 9.17) is 0 Å². The Morgan fingerprint density at radius 3 is 2.05 bits per heavy atom. The quantitative estimate of drug-likeness (QED) is 0.765. The summed E-state index contributed by atoms with van der Waals surface area (Å²) in [7, 11) is 4.55. The minimum atomic E-state index is 0.629. The molecule has 4 rings (SSSR count). The van der Waals surface area contributed by atoms with Crippen LogP contribution in [0, 0.1) is 23.2 Å². The van der Waals surface area contributed by atoms with Crippen LogP contribution in [0.1, 0.15) is 65.2 Å². The first-order valence-electron chi connectivity index (χ1n) is 9.43. The summed E-state index contributed by atoms with van der Waals surface area (Å²) in [5.41, 5.74) is 0.629. The van der Waals surface area contributed by atoms with Crippen molar-refractivity contribution in [3.8, 4) is 0 Å². The second-order valence-corrected chi connectivity index (χ2v) is 8.70. The zero-order valence-corrected chi connectivity index (χ0v) is 14.7. The summed E-state index contributed by atoms with van der Waals surface area (Å²) in [6.07, 6.45) is 11.8. The van der Waals surface area contributed by atoms with E-state index < -0.39 is 0 Å². The maximum Gasteiger partial charge on any atom is 0.0248 e. The molecular formula is C19H36N2. The van der Waals surface area contributed by atoms with Crippen molar-refractivity contribution in [2.45, 2.75) is 77.3 Å². The molecule has 0 aliphatic heterocycles. The fourth-order valence-electron chi connectivity index (χ4n) is 6.30. The van der Waals surface area contributed by atoms with Gasteiger partial charge in [-0.25, -0.2) is 0 Å². The number of hydrogen-bond acceptors (Lipinski definition) is 2. The zero-order valence-electron chi connectivity index (χ0n) is 14.7. The SMILES string of the molecule is CCCC(C)N(C)CC(NC)C12CC3CC(CC(C3)C1)C2. The molecule has 4 fully saturated rings. The zero-order chi connectivity index (χ0) is 15.0. The molecule has 4 bridgehead atoms. The molecule has 0 aromatic rings. The van der Waals surface area contributed by atoms with Crippen molar-refractivity contribution in [3.63, 3.8) is 0 Å². The molecule has 1 N–H and O–H groups in total. The summed E-state index contributed by atoms with van der Waals surface area (Å²) in [6, 6.07) is 1.43. The first-order chi connectivity index (χ1) is 10.1. The third kappa shape index (κ3) is 3.03. The number of nitrogens with zero attached hydrogens (tertiary/aromatic N) is 1. The maximum absolute atomic E-state index is 3.75. The average molecular weight is 293 g/mol. The van der Waals surface area contributed by atoms with Gasteiger partial charge in [-0.2, -0.15) is 0 Å². The molecule has 21 heavy (non-hydrogen) atoms. The normalized spacial score (nSPS) is 40.7. The van der Waals surface area contributed by atoms with Crippen molar-refractivity contribution in [2.75, 3.05) is 20.6 Å². The van der Waals surface area contributed by atoms with Crippen LogP contribution in [0.3, 0.4) is 0 Å². The van der Waals surface area contributed by atoms with E-state index in [9.17, 15) is 0 Å². The van der Waals surface area contributed by atoms with Gasteiger partial charge in [-0.05, 0) is 89.1 Å². The van der Waals surface area contributed by atoms with Crippen LogP contribution in [0.5, 0.6) is 0 Å². The molecule has 0 saturated heterocycles. The van der Waals surface area contributed by atoms with Gasteiger partial charge in [0.2, 0.25) is 0 Å². The van der Waals surface area contributed by atoms with Gasteiger partial charge in [0.1, 0.15) is 0 Å². The minimum absolute atomic E-state index is 0.629. The topological polar surface area (TPSA) is 15.3 Å². The maximum atomic E-state index is 3.75. The van der Waals surface area contributed by atoms with E-state index in [-0.39, 0.29) is 0 Å². The third-order valence-corrected chi connectivity index (χ3v) is 7.10. The van der Waals surface area contributed by atoms with E-state index in [0.29, 0.717) is 11.5 Å². The molecule has 4 aliphatic carbocycles. The number of rotatable bonds is 7. The lowest BCUT2D eigenvalue weighted by atomic mass is 9.47.